The number of carboxylic acids is 1. The van der Waals surface area contributed by atoms with Gasteiger partial charge in [-0.2, -0.15) is 0 Å². The Labute approximate surface area is 96.3 Å². The standard InChI is InChI=1S/C10H13IO3/c1-4-10(9(12)13)3-5-2-6(10)8(14-4)7(5)11/h4-8H,2-3H2,1H3,(H,12,13). The lowest BCUT2D eigenvalue weighted by Crippen LogP contribution is -2.43. The molecule has 0 spiro atoms. The van der Waals surface area contributed by atoms with Gasteiger partial charge in [0, 0.05) is 9.84 Å². The van der Waals surface area contributed by atoms with E-state index >= 15 is 0 Å². The number of rotatable bonds is 1. The third-order valence-corrected chi connectivity index (χ3v) is 6.19. The number of hydrogen-bond acceptors (Lipinski definition) is 2. The zero-order chi connectivity index (χ0) is 10.1. The molecule has 1 heterocycles. The third-order valence-electron chi connectivity index (χ3n) is 4.46. The Kier molecular flexibility index (Phi) is 1.77. The molecule has 2 aliphatic carbocycles. The minimum absolute atomic E-state index is 0.0974. The summed E-state index contributed by atoms with van der Waals surface area (Å²) in [5.41, 5.74) is -0.545. The van der Waals surface area contributed by atoms with Gasteiger partial charge in [0.25, 0.3) is 0 Å². The molecule has 3 rings (SSSR count). The molecule has 0 aromatic carbocycles. The first-order chi connectivity index (χ1) is 6.57. The Hall–Kier alpha value is 0.160. The maximum Gasteiger partial charge on any atom is 0.312 e. The van der Waals surface area contributed by atoms with Crippen LogP contribution in [0.2, 0.25) is 0 Å². The highest BCUT2D eigenvalue weighted by atomic mass is 127. The molecule has 1 saturated heterocycles. The van der Waals surface area contributed by atoms with Crippen LogP contribution in [0, 0.1) is 17.3 Å². The van der Waals surface area contributed by atoms with E-state index in [1.807, 2.05) is 6.92 Å². The first kappa shape index (κ1) is 9.39. The molecule has 0 aromatic rings. The lowest BCUT2D eigenvalue weighted by Gasteiger charge is -2.30. The van der Waals surface area contributed by atoms with Crippen molar-refractivity contribution in [3.63, 3.8) is 0 Å². The number of carbonyl (C=O) groups is 1. The van der Waals surface area contributed by atoms with E-state index in [-0.39, 0.29) is 18.1 Å². The van der Waals surface area contributed by atoms with E-state index in [1.165, 1.54) is 0 Å². The molecule has 78 valence electrons. The van der Waals surface area contributed by atoms with Gasteiger partial charge < -0.3 is 9.84 Å². The fourth-order valence-corrected chi connectivity index (χ4v) is 5.00. The molecule has 3 nitrogen and oxygen atoms in total. The number of aliphatic carboxylic acids is 1. The zero-order valence-electron chi connectivity index (χ0n) is 7.94. The van der Waals surface area contributed by atoms with E-state index in [9.17, 15) is 9.90 Å². The Bertz CT molecular complexity index is 306. The van der Waals surface area contributed by atoms with Crippen LogP contribution in [0.15, 0.2) is 0 Å². The Balaban J connectivity index is 2.07. The fraction of sp³-hybridized carbons (Fsp3) is 0.900. The summed E-state index contributed by atoms with van der Waals surface area (Å²) < 4.78 is 6.36. The van der Waals surface area contributed by atoms with Crippen molar-refractivity contribution < 1.29 is 14.6 Å². The first-order valence-electron chi connectivity index (χ1n) is 5.10. The molecule has 3 fully saturated rings. The van der Waals surface area contributed by atoms with Crippen molar-refractivity contribution in [1.82, 2.24) is 0 Å². The van der Waals surface area contributed by atoms with Gasteiger partial charge >= 0.3 is 5.97 Å². The molecule has 1 N–H and O–H groups in total. The van der Waals surface area contributed by atoms with Crippen LogP contribution in [0.4, 0.5) is 0 Å². The molecule has 2 saturated carbocycles. The van der Waals surface area contributed by atoms with Gasteiger partial charge in [0.2, 0.25) is 0 Å². The van der Waals surface area contributed by atoms with E-state index in [0.717, 1.165) is 12.8 Å². The smallest absolute Gasteiger partial charge is 0.312 e. The predicted octanol–water partition coefficient (Wildman–Crippen LogP) is 1.69. The van der Waals surface area contributed by atoms with Gasteiger partial charge in [0.05, 0.1) is 17.6 Å². The second-order valence-electron chi connectivity index (χ2n) is 4.84. The lowest BCUT2D eigenvalue weighted by molar-refractivity contribution is -0.153. The van der Waals surface area contributed by atoms with Crippen LogP contribution in [-0.4, -0.2) is 27.2 Å². The average molecular weight is 308 g/mol. The van der Waals surface area contributed by atoms with Crippen LogP contribution in [0.25, 0.3) is 0 Å². The van der Waals surface area contributed by atoms with Crippen LogP contribution >= 0.6 is 22.6 Å². The summed E-state index contributed by atoms with van der Waals surface area (Å²) in [7, 11) is 0. The summed E-state index contributed by atoms with van der Waals surface area (Å²) in [6.07, 6.45) is 2.01. The van der Waals surface area contributed by atoms with E-state index in [0.29, 0.717) is 9.84 Å². The topological polar surface area (TPSA) is 46.5 Å². The van der Waals surface area contributed by atoms with E-state index in [1.54, 1.807) is 0 Å². The monoisotopic (exact) mass is 308 g/mol. The first-order valence-corrected chi connectivity index (χ1v) is 6.35. The molecule has 1 aliphatic heterocycles. The highest BCUT2D eigenvalue weighted by Gasteiger charge is 2.70. The van der Waals surface area contributed by atoms with Gasteiger partial charge in [0.1, 0.15) is 0 Å². The molecule has 14 heavy (non-hydrogen) atoms. The Morgan fingerprint density at radius 2 is 2.36 bits per heavy atom. The number of ether oxygens (including phenoxy) is 1. The number of fused-ring (bicyclic) bond motifs is 1. The lowest BCUT2D eigenvalue weighted by atomic mass is 9.71. The van der Waals surface area contributed by atoms with E-state index < -0.39 is 11.4 Å². The van der Waals surface area contributed by atoms with Gasteiger partial charge in [-0.05, 0) is 25.7 Å². The summed E-state index contributed by atoms with van der Waals surface area (Å²) >= 11 is 2.44. The van der Waals surface area contributed by atoms with Crippen molar-refractivity contribution >= 4 is 28.6 Å². The summed E-state index contributed by atoms with van der Waals surface area (Å²) in [6.45, 7) is 1.93. The molecule has 6 unspecified atom stereocenters. The number of halogens is 1. The molecule has 2 bridgehead atoms. The molecular formula is C10H13IO3. The van der Waals surface area contributed by atoms with E-state index in [2.05, 4.69) is 22.6 Å². The highest BCUT2D eigenvalue weighted by molar-refractivity contribution is 14.1. The van der Waals surface area contributed by atoms with Crippen molar-refractivity contribution in [1.29, 1.82) is 0 Å². The summed E-state index contributed by atoms with van der Waals surface area (Å²) in [5.74, 6) is 0.219. The van der Waals surface area contributed by atoms with Crippen molar-refractivity contribution in [2.45, 2.75) is 35.9 Å². The predicted molar refractivity (Wildman–Crippen MR) is 58.4 cm³/mol. The molecular weight excluding hydrogens is 295 g/mol. The minimum Gasteiger partial charge on any atom is -0.481 e. The Morgan fingerprint density at radius 3 is 2.93 bits per heavy atom. The quantitative estimate of drug-likeness (QED) is 0.592. The zero-order valence-corrected chi connectivity index (χ0v) is 10.1. The summed E-state index contributed by atoms with van der Waals surface area (Å²) in [5, 5.41) is 9.39. The average Bonchev–Trinajstić information content (AvgIpc) is 2.67. The minimum atomic E-state index is -0.636. The maximum absolute atomic E-state index is 11.4. The summed E-state index contributed by atoms with van der Waals surface area (Å²) in [4.78, 5) is 11.4. The third kappa shape index (κ3) is 0.813. The largest absolute Gasteiger partial charge is 0.481 e. The van der Waals surface area contributed by atoms with Gasteiger partial charge in [-0.1, -0.05) is 22.6 Å². The molecule has 3 aliphatic rings. The number of alkyl halides is 1. The molecule has 0 radical (unpaired) electrons. The van der Waals surface area contributed by atoms with Crippen molar-refractivity contribution in [2.75, 3.05) is 0 Å². The SMILES string of the molecule is CC1OC2C(I)C3CC2C1(C(=O)O)C3. The van der Waals surface area contributed by atoms with Crippen molar-refractivity contribution in [2.24, 2.45) is 17.3 Å². The van der Waals surface area contributed by atoms with Gasteiger partial charge in [-0.3, -0.25) is 4.79 Å². The van der Waals surface area contributed by atoms with Gasteiger partial charge in [-0.15, -0.1) is 0 Å². The van der Waals surface area contributed by atoms with E-state index in [4.69, 9.17) is 4.74 Å². The highest BCUT2D eigenvalue weighted by Crippen LogP contribution is 2.65. The van der Waals surface area contributed by atoms with Crippen LogP contribution in [0.3, 0.4) is 0 Å². The fourth-order valence-electron chi connectivity index (χ4n) is 3.78. The molecule has 0 amide bonds. The van der Waals surface area contributed by atoms with Crippen LogP contribution < -0.4 is 0 Å². The maximum atomic E-state index is 11.4. The number of carboxylic acid groups (broad SMARTS) is 1. The second-order valence-corrected chi connectivity index (χ2v) is 6.28. The van der Waals surface area contributed by atoms with Crippen LogP contribution in [0.5, 0.6) is 0 Å². The summed E-state index contributed by atoms with van der Waals surface area (Å²) in [6, 6.07) is 0. The molecule has 6 atom stereocenters. The van der Waals surface area contributed by atoms with Gasteiger partial charge in [-0.25, -0.2) is 0 Å². The molecule has 4 heteroatoms. The molecule has 0 aromatic heterocycles. The van der Waals surface area contributed by atoms with Gasteiger partial charge in [0.15, 0.2) is 0 Å². The van der Waals surface area contributed by atoms with Crippen LogP contribution in [-0.2, 0) is 9.53 Å². The second kappa shape index (κ2) is 2.64. The van der Waals surface area contributed by atoms with Crippen LogP contribution in [0.1, 0.15) is 19.8 Å². The Morgan fingerprint density at radius 1 is 1.64 bits per heavy atom. The van der Waals surface area contributed by atoms with Crippen molar-refractivity contribution in [3.8, 4) is 0 Å². The normalized spacial score (nSPS) is 59.4. The number of hydrogen-bond donors (Lipinski definition) is 1. The van der Waals surface area contributed by atoms with Crippen molar-refractivity contribution in [3.05, 3.63) is 0 Å².